The van der Waals surface area contributed by atoms with Crippen molar-refractivity contribution in [3.8, 4) is 5.69 Å². The second-order valence-electron chi connectivity index (χ2n) is 7.66. The van der Waals surface area contributed by atoms with Crippen LogP contribution in [-0.4, -0.2) is 27.3 Å². The normalized spacial score (nSPS) is 14.0. The van der Waals surface area contributed by atoms with Crippen LogP contribution >= 0.6 is 23.1 Å². The van der Waals surface area contributed by atoms with Crippen LogP contribution in [0.2, 0.25) is 0 Å². The maximum absolute atomic E-state index is 13.7. The zero-order chi connectivity index (χ0) is 21.4. The van der Waals surface area contributed by atoms with Gasteiger partial charge in [0.15, 0.2) is 5.16 Å². The number of amides is 1. The molecule has 1 aliphatic rings. The molecular formula is C23H25N3O2S2. The molecule has 1 atom stereocenters. The zero-order valence-corrected chi connectivity index (χ0v) is 19.1. The van der Waals surface area contributed by atoms with Gasteiger partial charge in [-0.05, 0) is 57.2 Å². The van der Waals surface area contributed by atoms with Gasteiger partial charge in [-0.25, -0.2) is 4.98 Å². The lowest BCUT2D eigenvalue weighted by Crippen LogP contribution is -2.32. The Hall–Kier alpha value is -2.38. The summed E-state index contributed by atoms with van der Waals surface area (Å²) >= 11 is 2.94. The second-order valence-corrected chi connectivity index (χ2v) is 10.0. The van der Waals surface area contributed by atoms with E-state index in [2.05, 4.69) is 18.0 Å². The van der Waals surface area contributed by atoms with Crippen LogP contribution in [0.1, 0.15) is 34.9 Å². The Labute approximate surface area is 184 Å². The minimum Gasteiger partial charge on any atom is -0.352 e. The Morgan fingerprint density at radius 3 is 2.93 bits per heavy atom. The van der Waals surface area contributed by atoms with Gasteiger partial charge in [0.25, 0.3) is 5.56 Å². The van der Waals surface area contributed by atoms with E-state index in [4.69, 9.17) is 4.98 Å². The molecule has 3 aromatic rings. The Morgan fingerprint density at radius 1 is 1.40 bits per heavy atom. The van der Waals surface area contributed by atoms with Gasteiger partial charge in [0.05, 0.1) is 16.3 Å². The lowest BCUT2D eigenvalue weighted by Gasteiger charge is -2.17. The first-order chi connectivity index (χ1) is 14.4. The lowest BCUT2D eigenvalue weighted by atomic mass is 10.1. The highest BCUT2D eigenvalue weighted by atomic mass is 32.2. The minimum atomic E-state index is -0.391. The van der Waals surface area contributed by atoms with Crippen LogP contribution in [0.3, 0.4) is 0 Å². The van der Waals surface area contributed by atoms with Gasteiger partial charge in [0.1, 0.15) is 4.83 Å². The molecule has 5 nitrogen and oxygen atoms in total. The average molecular weight is 440 g/mol. The summed E-state index contributed by atoms with van der Waals surface area (Å²) in [5.41, 5.74) is 4.10. The van der Waals surface area contributed by atoms with E-state index in [1.54, 1.807) is 22.0 Å². The van der Waals surface area contributed by atoms with Gasteiger partial charge >= 0.3 is 0 Å². The van der Waals surface area contributed by atoms with Crippen LogP contribution in [0.5, 0.6) is 0 Å². The maximum atomic E-state index is 13.7. The molecule has 1 unspecified atom stereocenters. The number of nitrogens with one attached hydrogen (secondary N) is 1. The van der Waals surface area contributed by atoms with E-state index in [9.17, 15) is 9.59 Å². The van der Waals surface area contributed by atoms with E-state index in [1.165, 1.54) is 22.2 Å². The van der Waals surface area contributed by atoms with Crippen molar-refractivity contribution in [2.45, 2.75) is 50.4 Å². The quantitative estimate of drug-likeness (QED) is 0.353. The largest absolute Gasteiger partial charge is 0.352 e. The summed E-state index contributed by atoms with van der Waals surface area (Å²) in [6, 6.07) is 6.04. The summed E-state index contributed by atoms with van der Waals surface area (Å²) in [6.45, 7) is 9.93. The van der Waals surface area contributed by atoms with E-state index in [0.29, 0.717) is 11.7 Å². The van der Waals surface area contributed by atoms with Gasteiger partial charge < -0.3 is 5.32 Å². The Morgan fingerprint density at radius 2 is 2.20 bits per heavy atom. The van der Waals surface area contributed by atoms with Crippen molar-refractivity contribution in [2.75, 3.05) is 6.54 Å². The number of nitrogens with zero attached hydrogens (tertiary/aromatic N) is 2. The van der Waals surface area contributed by atoms with Crippen molar-refractivity contribution in [3.63, 3.8) is 0 Å². The topological polar surface area (TPSA) is 64.0 Å². The van der Waals surface area contributed by atoms with Crippen molar-refractivity contribution >= 4 is 39.2 Å². The zero-order valence-electron chi connectivity index (χ0n) is 17.4. The molecule has 1 N–H and O–H groups in total. The molecule has 0 aliphatic heterocycles. The van der Waals surface area contributed by atoms with E-state index < -0.39 is 5.25 Å². The molecular weight excluding hydrogens is 414 g/mol. The lowest BCUT2D eigenvalue weighted by molar-refractivity contribution is -0.120. The number of fused-ring (bicyclic) bond motifs is 3. The molecule has 1 aliphatic carbocycles. The molecule has 2 heterocycles. The second kappa shape index (κ2) is 8.40. The van der Waals surface area contributed by atoms with Gasteiger partial charge in [-0.2, -0.15) is 0 Å². The van der Waals surface area contributed by atoms with Crippen molar-refractivity contribution < 1.29 is 4.79 Å². The van der Waals surface area contributed by atoms with Crippen LogP contribution in [-0.2, 0) is 17.6 Å². The number of rotatable bonds is 6. The number of hydrogen-bond acceptors (Lipinski definition) is 5. The fourth-order valence-electron chi connectivity index (χ4n) is 3.90. The molecule has 0 fully saturated rings. The van der Waals surface area contributed by atoms with E-state index >= 15 is 0 Å². The van der Waals surface area contributed by atoms with Gasteiger partial charge in [0.2, 0.25) is 5.91 Å². The smallest absolute Gasteiger partial charge is 0.267 e. The van der Waals surface area contributed by atoms with Gasteiger partial charge in [0, 0.05) is 11.4 Å². The fourth-order valence-corrected chi connectivity index (χ4v) is 6.15. The highest BCUT2D eigenvalue weighted by Crippen LogP contribution is 2.36. The number of thiophene rings is 1. The molecule has 0 spiro atoms. The molecule has 2 aromatic heterocycles. The number of carbonyl (C=O) groups excluding carboxylic acids is 1. The molecule has 1 aromatic carbocycles. The molecule has 0 saturated carbocycles. The molecule has 0 bridgehead atoms. The SMILES string of the molecule is C=CCNC(=O)C(C)Sc1nc2sc3c(c2c(=O)n1-c1ccc(C)cc1C)CCC3. The predicted molar refractivity (Wildman–Crippen MR) is 125 cm³/mol. The molecule has 1 amide bonds. The summed E-state index contributed by atoms with van der Waals surface area (Å²) in [5, 5.41) is 3.74. The number of aryl methyl sites for hydroxylation is 4. The van der Waals surface area contributed by atoms with Gasteiger partial charge in [-0.15, -0.1) is 17.9 Å². The van der Waals surface area contributed by atoms with Crippen LogP contribution in [0.4, 0.5) is 0 Å². The molecule has 0 radical (unpaired) electrons. The third-order valence-corrected chi connectivity index (χ3v) is 7.61. The molecule has 0 saturated heterocycles. The summed E-state index contributed by atoms with van der Waals surface area (Å²) < 4.78 is 1.70. The summed E-state index contributed by atoms with van der Waals surface area (Å²) in [4.78, 5) is 33.1. The van der Waals surface area contributed by atoms with Crippen LogP contribution in [0.25, 0.3) is 15.9 Å². The maximum Gasteiger partial charge on any atom is 0.267 e. The van der Waals surface area contributed by atoms with Crippen molar-refractivity contribution in [2.24, 2.45) is 0 Å². The van der Waals surface area contributed by atoms with Gasteiger partial charge in [-0.3, -0.25) is 14.2 Å². The predicted octanol–water partition coefficient (Wildman–Crippen LogP) is 4.34. The highest BCUT2D eigenvalue weighted by Gasteiger charge is 2.26. The third kappa shape index (κ3) is 3.72. The Bertz CT molecular complexity index is 1210. The molecule has 156 valence electrons. The Kier molecular flexibility index (Phi) is 5.84. The average Bonchev–Trinajstić information content (AvgIpc) is 3.28. The third-order valence-electron chi connectivity index (χ3n) is 5.37. The van der Waals surface area contributed by atoms with Crippen molar-refractivity contribution in [1.29, 1.82) is 0 Å². The van der Waals surface area contributed by atoms with Crippen LogP contribution in [0, 0.1) is 13.8 Å². The first kappa shape index (κ1) is 20.9. The minimum absolute atomic E-state index is 0.0347. The summed E-state index contributed by atoms with van der Waals surface area (Å²) in [5.74, 6) is -0.102. The van der Waals surface area contributed by atoms with Crippen LogP contribution in [0.15, 0.2) is 40.8 Å². The number of aromatic nitrogens is 2. The van der Waals surface area contributed by atoms with Crippen molar-refractivity contribution in [1.82, 2.24) is 14.9 Å². The first-order valence-corrected chi connectivity index (χ1v) is 11.8. The summed E-state index contributed by atoms with van der Waals surface area (Å²) in [6.07, 6.45) is 4.70. The highest BCUT2D eigenvalue weighted by molar-refractivity contribution is 8.00. The Balaban J connectivity index is 1.88. The van der Waals surface area contributed by atoms with Gasteiger partial charge in [-0.1, -0.05) is 35.5 Å². The fraction of sp³-hybridized carbons (Fsp3) is 0.348. The summed E-state index contributed by atoms with van der Waals surface area (Å²) in [7, 11) is 0. The monoisotopic (exact) mass is 439 g/mol. The number of benzene rings is 1. The van der Waals surface area contributed by atoms with Crippen LogP contribution < -0.4 is 10.9 Å². The molecule has 7 heteroatoms. The first-order valence-electron chi connectivity index (χ1n) is 10.1. The molecule has 30 heavy (non-hydrogen) atoms. The number of carbonyl (C=O) groups is 1. The van der Waals surface area contributed by atoms with E-state index in [0.717, 1.165) is 46.3 Å². The standard InChI is InChI=1S/C23H25N3O2S2/c1-5-11-24-20(27)15(4)29-23-25-21-19(16-7-6-8-18(16)30-21)22(28)26(23)17-10-9-13(2)12-14(17)3/h5,9-10,12,15H,1,6-8,11H2,2-4H3,(H,24,27). The van der Waals surface area contributed by atoms with E-state index in [-0.39, 0.29) is 11.5 Å². The van der Waals surface area contributed by atoms with Crippen molar-refractivity contribution in [3.05, 3.63) is 62.8 Å². The molecule has 4 rings (SSSR count). The number of thioether (sulfide) groups is 1. The van der Waals surface area contributed by atoms with E-state index in [1.807, 2.05) is 32.9 Å². The number of hydrogen-bond donors (Lipinski definition) is 1.